The van der Waals surface area contributed by atoms with Gasteiger partial charge in [-0.15, -0.1) is 0 Å². The zero-order valence-corrected chi connectivity index (χ0v) is 9.53. The largest absolute Gasteiger partial charge is 0.478 e. The van der Waals surface area contributed by atoms with Gasteiger partial charge in [-0.3, -0.25) is 4.79 Å². The molecule has 0 bridgehead atoms. The SMILES string of the molecule is CCCC(=O)NCc1cc2n(n1)CCCO2. The van der Waals surface area contributed by atoms with Crippen LogP contribution in [0.1, 0.15) is 31.9 Å². The van der Waals surface area contributed by atoms with Gasteiger partial charge in [-0.2, -0.15) is 5.10 Å². The Morgan fingerprint density at radius 1 is 1.69 bits per heavy atom. The molecule has 0 saturated carbocycles. The van der Waals surface area contributed by atoms with Gasteiger partial charge >= 0.3 is 0 Å². The van der Waals surface area contributed by atoms with Gasteiger partial charge in [0.2, 0.25) is 11.8 Å². The summed E-state index contributed by atoms with van der Waals surface area (Å²) in [4.78, 5) is 11.3. The third kappa shape index (κ3) is 2.53. The van der Waals surface area contributed by atoms with Crippen molar-refractivity contribution in [3.63, 3.8) is 0 Å². The van der Waals surface area contributed by atoms with E-state index in [0.717, 1.165) is 37.6 Å². The smallest absolute Gasteiger partial charge is 0.220 e. The zero-order chi connectivity index (χ0) is 11.4. The summed E-state index contributed by atoms with van der Waals surface area (Å²) < 4.78 is 7.30. The minimum absolute atomic E-state index is 0.0781. The normalized spacial score (nSPS) is 14.1. The first-order chi connectivity index (χ1) is 7.79. The van der Waals surface area contributed by atoms with E-state index in [9.17, 15) is 4.79 Å². The number of fused-ring (bicyclic) bond motifs is 1. The molecule has 1 aliphatic heterocycles. The lowest BCUT2D eigenvalue weighted by atomic mass is 10.3. The Balaban J connectivity index is 1.90. The Labute approximate surface area is 94.8 Å². The summed E-state index contributed by atoms with van der Waals surface area (Å²) in [7, 11) is 0. The van der Waals surface area contributed by atoms with E-state index in [1.807, 2.05) is 17.7 Å². The predicted octanol–water partition coefficient (Wildman–Crippen LogP) is 1.08. The summed E-state index contributed by atoms with van der Waals surface area (Å²) in [6, 6.07) is 1.89. The fourth-order valence-electron chi connectivity index (χ4n) is 1.71. The molecule has 0 aliphatic carbocycles. The Kier molecular flexibility index (Phi) is 3.44. The number of aryl methyl sites for hydroxylation is 1. The van der Waals surface area contributed by atoms with Crippen molar-refractivity contribution in [2.24, 2.45) is 0 Å². The average Bonchev–Trinajstić information content (AvgIpc) is 2.69. The van der Waals surface area contributed by atoms with Crippen molar-refractivity contribution in [1.29, 1.82) is 0 Å². The maximum absolute atomic E-state index is 11.3. The molecule has 16 heavy (non-hydrogen) atoms. The van der Waals surface area contributed by atoms with Gasteiger partial charge in [-0.1, -0.05) is 6.92 Å². The van der Waals surface area contributed by atoms with Crippen LogP contribution >= 0.6 is 0 Å². The van der Waals surface area contributed by atoms with Crippen LogP contribution in [0.2, 0.25) is 0 Å². The first kappa shape index (κ1) is 11.0. The van der Waals surface area contributed by atoms with Crippen molar-refractivity contribution < 1.29 is 9.53 Å². The highest BCUT2D eigenvalue weighted by molar-refractivity contribution is 5.75. The average molecular weight is 223 g/mol. The summed E-state index contributed by atoms with van der Waals surface area (Å²) >= 11 is 0. The van der Waals surface area contributed by atoms with Crippen molar-refractivity contribution in [3.05, 3.63) is 11.8 Å². The van der Waals surface area contributed by atoms with Gasteiger partial charge < -0.3 is 10.1 Å². The molecule has 0 radical (unpaired) electrons. The van der Waals surface area contributed by atoms with Crippen molar-refractivity contribution in [1.82, 2.24) is 15.1 Å². The fourth-order valence-corrected chi connectivity index (χ4v) is 1.71. The highest BCUT2D eigenvalue weighted by Crippen LogP contribution is 2.17. The van der Waals surface area contributed by atoms with Gasteiger partial charge in [0.05, 0.1) is 18.8 Å². The van der Waals surface area contributed by atoms with Gasteiger partial charge in [-0.25, -0.2) is 4.68 Å². The molecule has 2 rings (SSSR count). The van der Waals surface area contributed by atoms with E-state index in [4.69, 9.17) is 4.74 Å². The first-order valence-electron chi connectivity index (χ1n) is 5.76. The Hall–Kier alpha value is -1.52. The molecule has 5 nitrogen and oxygen atoms in total. The van der Waals surface area contributed by atoms with Crippen molar-refractivity contribution in [2.45, 2.75) is 39.3 Å². The number of nitrogens with one attached hydrogen (secondary N) is 1. The van der Waals surface area contributed by atoms with Gasteiger partial charge in [-0.05, 0) is 6.42 Å². The minimum Gasteiger partial charge on any atom is -0.478 e. The number of rotatable bonds is 4. The molecule has 0 aromatic carbocycles. The molecule has 0 fully saturated rings. The van der Waals surface area contributed by atoms with Crippen LogP contribution in [0.4, 0.5) is 0 Å². The molecule has 1 amide bonds. The van der Waals surface area contributed by atoms with Crippen LogP contribution in [0.15, 0.2) is 6.07 Å². The van der Waals surface area contributed by atoms with Gasteiger partial charge in [0, 0.05) is 25.5 Å². The topological polar surface area (TPSA) is 56.2 Å². The molecule has 0 atom stereocenters. The monoisotopic (exact) mass is 223 g/mol. The predicted molar refractivity (Wildman–Crippen MR) is 59.1 cm³/mol. The zero-order valence-electron chi connectivity index (χ0n) is 9.53. The lowest BCUT2D eigenvalue weighted by Crippen LogP contribution is -2.22. The second-order valence-electron chi connectivity index (χ2n) is 3.93. The van der Waals surface area contributed by atoms with Gasteiger partial charge in [0.1, 0.15) is 0 Å². The highest BCUT2D eigenvalue weighted by Gasteiger charge is 2.13. The lowest BCUT2D eigenvalue weighted by molar-refractivity contribution is -0.121. The number of ether oxygens (including phenoxy) is 1. The molecule has 0 spiro atoms. The molecular formula is C11H17N3O2. The molecule has 0 saturated heterocycles. The molecule has 1 N–H and O–H groups in total. The van der Waals surface area contributed by atoms with E-state index in [1.54, 1.807) is 0 Å². The number of carbonyl (C=O) groups excluding carboxylic acids is 1. The van der Waals surface area contributed by atoms with E-state index >= 15 is 0 Å². The molecule has 5 heteroatoms. The molecule has 1 aliphatic rings. The van der Waals surface area contributed by atoms with E-state index in [0.29, 0.717) is 13.0 Å². The number of aromatic nitrogens is 2. The molecule has 1 aromatic heterocycles. The summed E-state index contributed by atoms with van der Waals surface area (Å²) in [5, 5.41) is 7.20. The van der Waals surface area contributed by atoms with E-state index in [1.165, 1.54) is 0 Å². The van der Waals surface area contributed by atoms with Crippen LogP contribution in [0, 0.1) is 0 Å². The third-order valence-corrected chi connectivity index (χ3v) is 2.50. The van der Waals surface area contributed by atoms with Crippen LogP contribution in [-0.4, -0.2) is 22.3 Å². The second kappa shape index (κ2) is 5.01. The molecular weight excluding hydrogens is 206 g/mol. The first-order valence-corrected chi connectivity index (χ1v) is 5.76. The van der Waals surface area contributed by atoms with Crippen molar-refractivity contribution in [2.75, 3.05) is 6.61 Å². The van der Waals surface area contributed by atoms with Crippen LogP contribution in [0.3, 0.4) is 0 Å². The van der Waals surface area contributed by atoms with Crippen molar-refractivity contribution in [3.8, 4) is 5.88 Å². The Bertz CT molecular complexity index is 350. The standard InChI is InChI=1S/C11H17N3O2/c1-2-4-10(15)12-8-9-7-11-14(13-9)5-3-6-16-11/h7H,2-6,8H2,1H3,(H,12,15). The summed E-state index contributed by atoms with van der Waals surface area (Å²) in [6.45, 7) is 4.14. The molecule has 0 unspecified atom stereocenters. The van der Waals surface area contributed by atoms with Crippen LogP contribution in [0.25, 0.3) is 0 Å². The fraction of sp³-hybridized carbons (Fsp3) is 0.636. The van der Waals surface area contributed by atoms with Gasteiger partial charge in [0.25, 0.3) is 0 Å². The molecule has 88 valence electrons. The maximum Gasteiger partial charge on any atom is 0.220 e. The Morgan fingerprint density at radius 3 is 3.31 bits per heavy atom. The van der Waals surface area contributed by atoms with Crippen molar-refractivity contribution >= 4 is 5.91 Å². The minimum atomic E-state index is 0.0781. The number of hydrogen-bond donors (Lipinski definition) is 1. The third-order valence-electron chi connectivity index (χ3n) is 2.50. The Morgan fingerprint density at radius 2 is 2.56 bits per heavy atom. The number of hydrogen-bond acceptors (Lipinski definition) is 3. The summed E-state index contributed by atoms with van der Waals surface area (Å²) in [5.74, 6) is 0.889. The van der Waals surface area contributed by atoms with Gasteiger partial charge in [0.15, 0.2) is 0 Å². The lowest BCUT2D eigenvalue weighted by Gasteiger charge is -2.13. The van der Waals surface area contributed by atoms with E-state index < -0.39 is 0 Å². The van der Waals surface area contributed by atoms with Crippen LogP contribution < -0.4 is 10.1 Å². The second-order valence-corrected chi connectivity index (χ2v) is 3.93. The van der Waals surface area contributed by atoms with Crippen LogP contribution in [0.5, 0.6) is 5.88 Å². The molecule has 1 aromatic rings. The summed E-state index contributed by atoms with van der Waals surface area (Å²) in [6.07, 6.45) is 2.44. The van der Waals surface area contributed by atoms with Crippen LogP contribution in [-0.2, 0) is 17.9 Å². The number of carbonyl (C=O) groups is 1. The number of amides is 1. The maximum atomic E-state index is 11.3. The molecule has 2 heterocycles. The van der Waals surface area contributed by atoms with E-state index in [2.05, 4.69) is 10.4 Å². The van der Waals surface area contributed by atoms with E-state index in [-0.39, 0.29) is 5.91 Å². The number of nitrogens with zero attached hydrogens (tertiary/aromatic N) is 2. The quantitative estimate of drug-likeness (QED) is 0.831. The summed E-state index contributed by atoms with van der Waals surface area (Å²) in [5.41, 5.74) is 0.862. The highest BCUT2D eigenvalue weighted by atomic mass is 16.5.